The SMILES string of the molecule is O=C(N1CC(NCc2ccc(C(F)(F)F)cc2F)C1)N1CC[C@@H](c2ncn[nH]2)C1. The first-order valence-corrected chi connectivity index (χ1v) is 9.29. The van der Waals surface area contributed by atoms with Crippen LogP contribution in [-0.4, -0.2) is 63.2 Å². The van der Waals surface area contributed by atoms with Gasteiger partial charge in [-0.2, -0.15) is 18.3 Å². The van der Waals surface area contributed by atoms with Crippen molar-refractivity contribution in [2.75, 3.05) is 26.2 Å². The number of aromatic amines is 1. The number of aromatic nitrogens is 3. The van der Waals surface area contributed by atoms with E-state index in [1.807, 2.05) is 0 Å². The number of urea groups is 1. The van der Waals surface area contributed by atoms with Crippen molar-refractivity contribution >= 4 is 6.03 Å². The highest BCUT2D eigenvalue weighted by atomic mass is 19.4. The van der Waals surface area contributed by atoms with Gasteiger partial charge in [-0.1, -0.05) is 6.07 Å². The van der Waals surface area contributed by atoms with Gasteiger partial charge in [0.15, 0.2) is 0 Å². The van der Waals surface area contributed by atoms with Crippen LogP contribution in [0.1, 0.15) is 29.3 Å². The number of halogens is 4. The van der Waals surface area contributed by atoms with Gasteiger partial charge in [-0.3, -0.25) is 5.10 Å². The highest BCUT2D eigenvalue weighted by Gasteiger charge is 2.37. The zero-order valence-electron chi connectivity index (χ0n) is 15.4. The summed E-state index contributed by atoms with van der Waals surface area (Å²) in [5.74, 6) is 0.0384. The van der Waals surface area contributed by atoms with Gasteiger partial charge in [-0.05, 0) is 18.6 Å². The van der Waals surface area contributed by atoms with E-state index in [2.05, 4.69) is 20.5 Å². The van der Waals surface area contributed by atoms with E-state index in [1.165, 1.54) is 6.33 Å². The Morgan fingerprint density at radius 2 is 2.03 bits per heavy atom. The number of alkyl halides is 3. The highest BCUT2D eigenvalue weighted by molar-refractivity contribution is 5.76. The Labute approximate surface area is 164 Å². The van der Waals surface area contributed by atoms with E-state index in [-0.39, 0.29) is 30.1 Å². The van der Waals surface area contributed by atoms with Crippen LogP contribution in [0.4, 0.5) is 22.4 Å². The van der Waals surface area contributed by atoms with Gasteiger partial charge in [0.1, 0.15) is 18.0 Å². The molecule has 1 atom stereocenters. The average molecular weight is 412 g/mol. The zero-order valence-corrected chi connectivity index (χ0v) is 15.4. The summed E-state index contributed by atoms with van der Waals surface area (Å²) in [6.07, 6.45) is -2.29. The van der Waals surface area contributed by atoms with Crippen molar-refractivity contribution < 1.29 is 22.4 Å². The number of amides is 2. The molecular formula is C18H20F4N6O. The maximum atomic E-state index is 13.9. The van der Waals surface area contributed by atoms with E-state index in [1.54, 1.807) is 9.80 Å². The first-order valence-electron chi connectivity index (χ1n) is 9.29. The van der Waals surface area contributed by atoms with E-state index in [0.29, 0.717) is 32.2 Å². The Balaban J connectivity index is 1.23. The summed E-state index contributed by atoms with van der Waals surface area (Å²) in [5.41, 5.74) is -0.842. The van der Waals surface area contributed by atoms with Crippen molar-refractivity contribution in [1.82, 2.24) is 30.3 Å². The van der Waals surface area contributed by atoms with Crippen molar-refractivity contribution in [1.29, 1.82) is 0 Å². The molecule has 4 rings (SSSR count). The second-order valence-corrected chi connectivity index (χ2v) is 7.37. The first kappa shape index (κ1) is 19.6. The predicted octanol–water partition coefficient (Wildman–Crippen LogP) is 2.35. The lowest BCUT2D eigenvalue weighted by Gasteiger charge is -2.41. The largest absolute Gasteiger partial charge is 0.416 e. The standard InChI is InChI=1S/C18H20F4N6O/c19-15-5-13(18(20,21)22)2-1-11(15)6-23-14-8-28(9-14)17(29)27-4-3-12(7-27)16-24-10-25-26-16/h1-2,5,10,12,14,23H,3-4,6-9H2,(H,24,25,26)/t12-/m1/s1. The van der Waals surface area contributed by atoms with Crippen LogP contribution in [-0.2, 0) is 12.7 Å². The molecule has 0 bridgehead atoms. The van der Waals surface area contributed by atoms with Gasteiger partial charge in [0.25, 0.3) is 0 Å². The number of carbonyl (C=O) groups excluding carboxylic acids is 1. The third-order valence-electron chi connectivity index (χ3n) is 5.39. The summed E-state index contributed by atoms with van der Waals surface area (Å²) in [4.78, 5) is 20.2. The second kappa shape index (κ2) is 7.62. The van der Waals surface area contributed by atoms with Crippen LogP contribution in [0.25, 0.3) is 0 Å². The molecule has 2 fully saturated rings. The van der Waals surface area contributed by atoms with Crippen molar-refractivity contribution in [2.45, 2.75) is 31.1 Å². The number of nitrogens with one attached hydrogen (secondary N) is 2. The first-order chi connectivity index (χ1) is 13.8. The molecule has 0 saturated carbocycles. The molecule has 0 radical (unpaired) electrons. The minimum Gasteiger partial charge on any atom is -0.324 e. The molecule has 1 aromatic carbocycles. The maximum absolute atomic E-state index is 13.9. The van der Waals surface area contributed by atoms with Crippen LogP contribution in [0.2, 0.25) is 0 Å². The quantitative estimate of drug-likeness (QED) is 0.756. The Hall–Kier alpha value is -2.69. The topological polar surface area (TPSA) is 77.2 Å². The summed E-state index contributed by atoms with van der Waals surface area (Å²) in [5, 5.41) is 9.76. The Kier molecular flexibility index (Phi) is 5.15. The van der Waals surface area contributed by atoms with Gasteiger partial charge >= 0.3 is 12.2 Å². The molecule has 156 valence electrons. The number of nitrogens with zero attached hydrogens (tertiary/aromatic N) is 4. The Morgan fingerprint density at radius 3 is 2.69 bits per heavy atom. The summed E-state index contributed by atoms with van der Waals surface area (Å²) >= 11 is 0. The number of benzene rings is 1. The molecule has 2 aromatic rings. The van der Waals surface area contributed by atoms with Gasteiger partial charge in [0, 0.05) is 50.2 Å². The van der Waals surface area contributed by atoms with Crippen molar-refractivity contribution in [3.05, 3.63) is 47.3 Å². The van der Waals surface area contributed by atoms with Crippen molar-refractivity contribution in [3.63, 3.8) is 0 Å². The highest BCUT2D eigenvalue weighted by Crippen LogP contribution is 2.30. The summed E-state index contributed by atoms with van der Waals surface area (Å²) < 4.78 is 51.7. The molecule has 0 unspecified atom stereocenters. The molecule has 0 spiro atoms. The fraction of sp³-hybridized carbons (Fsp3) is 0.500. The van der Waals surface area contributed by atoms with Crippen LogP contribution in [0.5, 0.6) is 0 Å². The fourth-order valence-electron chi connectivity index (χ4n) is 3.65. The molecule has 7 nitrogen and oxygen atoms in total. The van der Waals surface area contributed by atoms with E-state index >= 15 is 0 Å². The molecule has 2 N–H and O–H groups in total. The summed E-state index contributed by atoms with van der Waals surface area (Å²) in [6, 6.07) is 2.45. The molecule has 0 aliphatic carbocycles. The fourth-order valence-corrected chi connectivity index (χ4v) is 3.65. The molecule has 11 heteroatoms. The van der Waals surface area contributed by atoms with Crippen LogP contribution in [0.3, 0.4) is 0 Å². The maximum Gasteiger partial charge on any atom is 0.416 e. The number of hydrogen-bond donors (Lipinski definition) is 2. The molecule has 3 heterocycles. The number of hydrogen-bond acceptors (Lipinski definition) is 4. The molecule has 1 aromatic heterocycles. The number of likely N-dealkylation sites (tertiary alicyclic amines) is 2. The molecule has 2 amide bonds. The van der Waals surface area contributed by atoms with Crippen LogP contribution < -0.4 is 5.32 Å². The summed E-state index contributed by atoms with van der Waals surface area (Å²) in [7, 11) is 0. The number of rotatable bonds is 4. The van der Waals surface area contributed by atoms with E-state index in [4.69, 9.17) is 0 Å². The van der Waals surface area contributed by atoms with E-state index in [0.717, 1.165) is 24.4 Å². The van der Waals surface area contributed by atoms with Crippen LogP contribution in [0.15, 0.2) is 24.5 Å². The van der Waals surface area contributed by atoms with Gasteiger partial charge in [-0.25, -0.2) is 14.2 Å². The minimum absolute atomic E-state index is 0.0201. The lowest BCUT2D eigenvalue weighted by atomic mass is 10.1. The smallest absolute Gasteiger partial charge is 0.324 e. The molecular weight excluding hydrogens is 392 g/mol. The van der Waals surface area contributed by atoms with Crippen molar-refractivity contribution in [3.8, 4) is 0 Å². The monoisotopic (exact) mass is 412 g/mol. The Bertz CT molecular complexity index is 866. The van der Waals surface area contributed by atoms with E-state index < -0.39 is 17.6 Å². The molecule has 2 aliphatic rings. The zero-order chi connectivity index (χ0) is 20.6. The second-order valence-electron chi connectivity index (χ2n) is 7.37. The van der Waals surface area contributed by atoms with Gasteiger partial charge in [0.2, 0.25) is 0 Å². The third kappa shape index (κ3) is 4.19. The predicted molar refractivity (Wildman–Crippen MR) is 94.3 cm³/mol. The molecule has 2 saturated heterocycles. The van der Waals surface area contributed by atoms with Gasteiger partial charge < -0.3 is 15.1 Å². The van der Waals surface area contributed by atoms with Crippen LogP contribution >= 0.6 is 0 Å². The van der Waals surface area contributed by atoms with Gasteiger partial charge in [-0.15, -0.1) is 0 Å². The number of carbonyl (C=O) groups is 1. The lowest BCUT2D eigenvalue weighted by Crippen LogP contribution is -2.62. The van der Waals surface area contributed by atoms with Crippen LogP contribution in [0, 0.1) is 5.82 Å². The average Bonchev–Trinajstić information content (AvgIpc) is 3.31. The Morgan fingerprint density at radius 1 is 1.24 bits per heavy atom. The molecule has 2 aliphatic heterocycles. The number of H-pyrrole nitrogens is 1. The molecule has 29 heavy (non-hydrogen) atoms. The lowest BCUT2D eigenvalue weighted by molar-refractivity contribution is -0.137. The van der Waals surface area contributed by atoms with Gasteiger partial charge in [0.05, 0.1) is 5.56 Å². The van der Waals surface area contributed by atoms with E-state index in [9.17, 15) is 22.4 Å². The third-order valence-corrected chi connectivity index (χ3v) is 5.39. The minimum atomic E-state index is -4.57. The normalized spacial score (nSPS) is 20.2. The van der Waals surface area contributed by atoms with Crippen molar-refractivity contribution in [2.24, 2.45) is 0 Å². The summed E-state index contributed by atoms with van der Waals surface area (Å²) in [6.45, 7) is 2.29.